The molecular weight excluding hydrogens is 881 g/mol. The van der Waals surface area contributed by atoms with Crippen LogP contribution in [0.5, 0.6) is 11.5 Å². The van der Waals surface area contributed by atoms with Crippen LogP contribution in [0.2, 0.25) is 0 Å². The van der Waals surface area contributed by atoms with E-state index >= 15 is 0 Å². The summed E-state index contributed by atoms with van der Waals surface area (Å²) in [6, 6.07) is 45.4. The number of aliphatic hydroxyl groups excluding tert-OH is 1. The molecule has 1 aliphatic rings. The van der Waals surface area contributed by atoms with Gasteiger partial charge in [-0.1, -0.05) is 141 Å². The average molecular weight is 959 g/mol. The first kappa shape index (κ1) is 55.4. The molecule has 1 aliphatic heterocycles. The molecule has 9 heteroatoms. The number of imidazole rings is 1. The summed E-state index contributed by atoms with van der Waals surface area (Å²) in [5.41, 5.74) is 18.7. The summed E-state index contributed by atoms with van der Waals surface area (Å²) in [7, 11) is 3.30. The Morgan fingerprint density at radius 3 is 1.51 bits per heavy atom. The van der Waals surface area contributed by atoms with Gasteiger partial charge in [0.15, 0.2) is 0 Å². The van der Waals surface area contributed by atoms with Crippen molar-refractivity contribution in [3.63, 3.8) is 0 Å². The Morgan fingerprint density at radius 2 is 1.08 bits per heavy atom. The molecule has 0 spiro atoms. The number of amides is 1. The minimum atomic E-state index is -0.125. The molecule has 0 aliphatic carbocycles. The standard InChI is InChI=1S/C28H30N2O.C26H29NO2.C4H11NO.C4H8O/c1-19(2)25-17-23(21-10-7-6-8-11-21)18-26(20(3)4)27(25)30-15-14-29-28(30)22-12-9-13-24(16-22)31-5;1-17(2)23-15-21(19-10-7-6-8-11-19)16-24(18(3)4)25(23)27-26(28)20-12-9-13-22(14-20)29-5;1-4(2-5)3-6;1-2-4-5-3-1/h6-20H,1-5H3;6-18H,1-5H3,(H,27,28);4,6H,2-3,5H2,1H3;1-4H2. The second-order valence-corrected chi connectivity index (χ2v) is 19.3. The van der Waals surface area contributed by atoms with Gasteiger partial charge < -0.3 is 30.4 Å². The first-order valence-electron chi connectivity index (χ1n) is 25.2. The van der Waals surface area contributed by atoms with E-state index in [-0.39, 0.29) is 30.3 Å². The molecule has 1 unspecified atom stereocenters. The van der Waals surface area contributed by atoms with Crippen LogP contribution in [0.4, 0.5) is 5.69 Å². The van der Waals surface area contributed by atoms with Crippen molar-refractivity contribution in [2.45, 2.75) is 98.8 Å². The molecule has 1 amide bonds. The smallest absolute Gasteiger partial charge is 0.255 e. The highest BCUT2D eigenvalue weighted by atomic mass is 16.5. The largest absolute Gasteiger partial charge is 0.497 e. The summed E-state index contributed by atoms with van der Waals surface area (Å²) in [4.78, 5) is 17.7. The molecule has 8 rings (SSSR count). The number of hydrogen-bond acceptors (Lipinski definition) is 7. The van der Waals surface area contributed by atoms with Gasteiger partial charge in [0.05, 0.1) is 19.9 Å². The van der Waals surface area contributed by atoms with Crippen LogP contribution in [0.15, 0.2) is 146 Å². The fraction of sp³-hybridized carbons (Fsp3) is 0.355. The SMILES string of the molecule is C1CCOC1.CC(CN)CO.COc1cccc(-c2nccn2-c2c(C(C)C)cc(-c3ccccc3)cc2C(C)C)c1.COc1cccc(C(=O)Nc2c(C(C)C)cc(-c3ccccc3)cc2C(C)C)c1. The van der Waals surface area contributed by atoms with Gasteiger partial charge in [0.1, 0.15) is 17.3 Å². The van der Waals surface area contributed by atoms with Gasteiger partial charge in [-0.3, -0.25) is 9.36 Å². The van der Waals surface area contributed by atoms with Crippen LogP contribution in [0.1, 0.15) is 131 Å². The number of methoxy groups -OCH3 is 2. The van der Waals surface area contributed by atoms with Crippen molar-refractivity contribution in [2.24, 2.45) is 11.7 Å². The lowest BCUT2D eigenvalue weighted by Gasteiger charge is -2.23. The van der Waals surface area contributed by atoms with Crippen molar-refractivity contribution in [1.29, 1.82) is 0 Å². The number of carbonyl (C=O) groups is 1. The number of hydrogen-bond donors (Lipinski definition) is 3. The first-order valence-corrected chi connectivity index (χ1v) is 25.2. The number of nitrogens with one attached hydrogen (secondary N) is 1. The zero-order valence-electron chi connectivity index (χ0n) is 44.0. The van der Waals surface area contributed by atoms with E-state index in [2.05, 4.69) is 156 Å². The topological polar surface area (TPSA) is 121 Å². The number of carbonyl (C=O) groups excluding carboxylic acids is 1. The number of nitrogens with zero attached hydrogens (tertiary/aromatic N) is 2. The van der Waals surface area contributed by atoms with Gasteiger partial charge in [0.2, 0.25) is 0 Å². The predicted molar refractivity (Wildman–Crippen MR) is 296 cm³/mol. The summed E-state index contributed by atoms with van der Waals surface area (Å²) in [6.07, 6.45) is 6.51. The van der Waals surface area contributed by atoms with E-state index in [4.69, 9.17) is 30.0 Å². The lowest BCUT2D eigenvalue weighted by atomic mass is 9.88. The fourth-order valence-corrected chi connectivity index (χ4v) is 8.17. The highest BCUT2D eigenvalue weighted by Gasteiger charge is 2.22. The number of anilines is 1. The molecule has 6 aromatic carbocycles. The molecule has 1 atom stereocenters. The van der Waals surface area contributed by atoms with Crippen molar-refractivity contribution < 1.29 is 24.1 Å². The number of benzene rings is 6. The quantitative estimate of drug-likeness (QED) is 0.0993. The molecule has 2 heterocycles. The molecule has 376 valence electrons. The highest BCUT2D eigenvalue weighted by Crippen LogP contribution is 2.39. The minimum Gasteiger partial charge on any atom is -0.497 e. The third-order valence-corrected chi connectivity index (χ3v) is 12.4. The van der Waals surface area contributed by atoms with E-state index in [1.165, 1.54) is 51.9 Å². The van der Waals surface area contributed by atoms with Gasteiger partial charge in [0.25, 0.3) is 5.91 Å². The molecule has 4 N–H and O–H groups in total. The second-order valence-electron chi connectivity index (χ2n) is 19.3. The third-order valence-electron chi connectivity index (χ3n) is 12.4. The molecule has 0 saturated carbocycles. The Kier molecular flexibility index (Phi) is 21.7. The Morgan fingerprint density at radius 1 is 0.620 bits per heavy atom. The Labute approximate surface area is 424 Å². The molecule has 1 saturated heterocycles. The Balaban J connectivity index is 0.000000218. The first-order chi connectivity index (χ1) is 34.2. The Hall–Kier alpha value is -6.52. The van der Waals surface area contributed by atoms with Gasteiger partial charge in [0, 0.05) is 49.0 Å². The van der Waals surface area contributed by atoms with Crippen molar-refractivity contribution in [2.75, 3.05) is 45.9 Å². The second kappa shape index (κ2) is 27.8. The van der Waals surface area contributed by atoms with Crippen LogP contribution >= 0.6 is 0 Å². The predicted octanol–water partition coefficient (Wildman–Crippen LogP) is 14.7. The van der Waals surface area contributed by atoms with Crippen LogP contribution in [0.3, 0.4) is 0 Å². The van der Waals surface area contributed by atoms with Crippen LogP contribution in [0, 0.1) is 5.92 Å². The molecule has 9 nitrogen and oxygen atoms in total. The zero-order valence-corrected chi connectivity index (χ0v) is 44.0. The van der Waals surface area contributed by atoms with E-state index < -0.39 is 0 Å². The maximum Gasteiger partial charge on any atom is 0.255 e. The van der Waals surface area contributed by atoms with Crippen LogP contribution in [-0.4, -0.2) is 61.1 Å². The monoisotopic (exact) mass is 959 g/mol. The fourth-order valence-electron chi connectivity index (χ4n) is 8.17. The van der Waals surface area contributed by atoms with Crippen molar-refractivity contribution in [3.8, 4) is 50.8 Å². The van der Waals surface area contributed by atoms with Gasteiger partial charge in [-0.05, 0) is 148 Å². The number of nitrogens with two attached hydrogens (primary N) is 1. The van der Waals surface area contributed by atoms with Crippen LogP contribution < -0.4 is 20.5 Å². The summed E-state index contributed by atoms with van der Waals surface area (Å²) in [5.74, 6) is 3.87. The third kappa shape index (κ3) is 15.5. The van der Waals surface area contributed by atoms with Crippen molar-refractivity contribution >= 4 is 11.6 Å². The van der Waals surface area contributed by atoms with Gasteiger partial charge in [-0.2, -0.15) is 0 Å². The zero-order chi connectivity index (χ0) is 51.5. The number of aliphatic hydroxyl groups is 1. The number of rotatable bonds is 14. The van der Waals surface area contributed by atoms with Crippen molar-refractivity contribution in [3.05, 3.63) is 174 Å². The molecule has 1 aromatic heterocycles. The summed E-state index contributed by atoms with van der Waals surface area (Å²) >= 11 is 0. The summed E-state index contributed by atoms with van der Waals surface area (Å²) in [6.45, 7) is 22.4. The molecule has 1 fully saturated rings. The summed E-state index contributed by atoms with van der Waals surface area (Å²) in [5, 5.41) is 11.4. The highest BCUT2D eigenvalue weighted by molar-refractivity contribution is 6.05. The minimum absolute atomic E-state index is 0.125. The van der Waals surface area contributed by atoms with Gasteiger partial charge >= 0.3 is 0 Å². The van der Waals surface area contributed by atoms with E-state index in [0.717, 1.165) is 47.2 Å². The van der Waals surface area contributed by atoms with E-state index in [0.29, 0.717) is 29.7 Å². The molecule has 71 heavy (non-hydrogen) atoms. The summed E-state index contributed by atoms with van der Waals surface area (Å²) < 4.78 is 17.9. The average Bonchev–Trinajstić information content (AvgIpc) is 4.16. The maximum absolute atomic E-state index is 13.0. The van der Waals surface area contributed by atoms with Crippen molar-refractivity contribution in [1.82, 2.24) is 9.55 Å². The normalized spacial score (nSPS) is 12.4. The number of aromatic nitrogens is 2. The van der Waals surface area contributed by atoms with Crippen LogP contribution in [0.25, 0.3) is 39.3 Å². The molecule has 0 bridgehead atoms. The lowest BCUT2D eigenvalue weighted by Crippen LogP contribution is -2.16. The van der Waals surface area contributed by atoms with Gasteiger partial charge in [-0.15, -0.1) is 0 Å². The molecule has 7 aromatic rings. The number of ether oxygens (including phenoxy) is 3. The van der Waals surface area contributed by atoms with E-state index in [1.54, 1.807) is 26.4 Å². The van der Waals surface area contributed by atoms with E-state index in [9.17, 15) is 4.79 Å². The van der Waals surface area contributed by atoms with Crippen LogP contribution in [-0.2, 0) is 4.74 Å². The van der Waals surface area contributed by atoms with Gasteiger partial charge in [-0.25, -0.2) is 4.98 Å². The van der Waals surface area contributed by atoms with E-state index in [1.807, 2.05) is 49.5 Å². The lowest BCUT2D eigenvalue weighted by molar-refractivity contribution is 0.102. The maximum atomic E-state index is 13.0. The molecular formula is C62H78N4O5. The Bertz CT molecular complexity index is 2630. The molecule has 0 radical (unpaired) electrons.